The van der Waals surface area contributed by atoms with E-state index in [0.717, 1.165) is 11.1 Å². The second kappa shape index (κ2) is 3.68. The summed E-state index contributed by atoms with van der Waals surface area (Å²) < 4.78 is 27.2. The molecular formula is C12H16F2N2. The van der Waals surface area contributed by atoms with Crippen molar-refractivity contribution < 1.29 is 8.78 Å². The van der Waals surface area contributed by atoms with Crippen molar-refractivity contribution in [3.8, 4) is 0 Å². The molecule has 2 nitrogen and oxygen atoms in total. The molecule has 1 aromatic heterocycles. The van der Waals surface area contributed by atoms with E-state index in [2.05, 4.69) is 10.3 Å². The van der Waals surface area contributed by atoms with Gasteiger partial charge in [-0.15, -0.1) is 0 Å². The number of fused-ring (bicyclic) bond motifs is 1. The van der Waals surface area contributed by atoms with Crippen LogP contribution >= 0.6 is 0 Å². The number of hydrogen-bond donors (Lipinski definition) is 1. The molecule has 2 heterocycles. The molecule has 0 atom stereocenters. The Morgan fingerprint density at radius 1 is 1.44 bits per heavy atom. The number of rotatable bonds is 1. The third-order valence-corrected chi connectivity index (χ3v) is 3.09. The summed E-state index contributed by atoms with van der Waals surface area (Å²) in [6.45, 7) is 6.27. The average molecular weight is 226 g/mol. The van der Waals surface area contributed by atoms with E-state index < -0.39 is 5.92 Å². The van der Waals surface area contributed by atoms with E-state index in [1.54, 1.807) is 6.20 Å². The maximum absolute atomic E-state index is 13.6. The highest BCUT2D eigenvalue weighted by Crippen LogP contribution is 2.41. The number of nitrogens with zero attached hydrogens (tertiary/aromatic N) is 1. The number of aromatic nitrogens is 1. The lowest BCUT2D eigenvalue weighted by atomic mass is 9.94. The maximum atomic E-state index is 13.6. The summed E-state index contributed by atoms with van der Waals surface area (Å²) in [5.41, 5.74) is 2.37. The fourth-order valence-electron chi connectivity index (χ4n) is 2.16. The number of hydrogen-bond acceptors (Lipinski definition) is 2. The van der Waals surface area contributed by atoms with Gasteiger partial charge in [-0.3, -0.25) is 4.98 Å². The molecule has 0 amide bonds. The largest absolute Gasteiger partial charge is 0.383 e. The fourth-order valence-corrected chi connectivity index (χ4v) is 2.16. The van der Waals surface area contributed by atoms with E-state index >= 15 is 0 Å². The van der Waals surface area contributed by atoms with E-state index in [0.29, 0.717) is 18.2 Å². The number of nitrogens with one attached hydrogen (secondary N) is 1. The summed E-state index contributed by atoms with van der Waals surface area (Å²) in [5.74, 6) is -2.49. The molecular weight excluding hydrogens is 210 g/mol. The molecule has 2 rings (SSSR count). The molecule has 1 N–H and O–H groups in total. The summed E-state index contributed by atoms with van der Waals surface area (Å²) in [7, 11) is 0. The number of halogens is 2. The highest BCUT2D eigenvalue weighted by atomic mass is 19.3. The Kier molecular flexibility index (Phi) is 2.60. The van der Waals surface area contributed by atoms with E-state index in [1.807, 2.05) is 20.8 Å². The van der Waals surface area contributed by atoms with Crippen LogP contribution in [-0.2, 0) is 5.92 Å². The lowest BCUT2D eigenvalue weighted by Gasteiger charge is -2.28. The van der Waals surface area contributed by atoms with Crippen molar-refractivity contribution >= 4 is 5.69 Å². The molecule has 16 heavy (non-hydrogen) atoms. The van der Waals surface area contributed by atoms with Crippen LogP contribution in [0.5, 0.6) is 0 Å². The first-order chi connectivity index (χ1) is 7.43. The minimum atomic E-state index is -2.79. The predicted octanol–water partition coefficient (Wildman–Crippen LogP) is 3.42. The molecule has 0 bridgehead atoms. The van der Waals surface area contributed by atoms with Crippen LogP contribution in [0.4, 0.5) is 14.5 Å². The van der Waals surface area contributed by atoms with Crippen molar-refractivity contribution in [2.24, 2.45) is 0 Å². The highest BCUT2D eigenvalue weighted by Gasteiger charge is 2.39. The maximum Gasteiger partial charge on any atom is 0.293 e. The van der Waals surface area contributed by atoms with Gasteiger partial charge in [0.15, 0.2) is 0 Å². The second-order valence-corrected chi connectivity index (χ2v) is 4.60. The van der Waals surface area contributed by atoms with Gasteiger partial charge in [-0.2, -0.15) is 8.78 Å². The molecule has 0 unspecified atom stereocenters. The zero-order valence-electron chi connectivity index (χ0n) is 9.77. The van der Waals surface area contributed by atoms with E-state index in [9.17, 15) is 8.78 Å². The Balaban J connectivity index is 2.58. The fraction of sp³-hybridized carbons (Fsp3) is 0.583. The third kappa shape index (κ3) is 1.66. The summed E-state index contributed by atoms with van der Waals surface area (Å²) in [6.07, 6.45) is 1.41. The summed E-state index contributed by atoms with van der Waals surface area (Å²) in [4.78, 5) is 3.94. The van der Waals surface area contributed by atoms with E-state index in [-0.39, 0.29) is 12.1 Å². The SMILES string of the molecule is Cc1c(C(C)C)cnc2c1NCCC2(F)F. The van der Waals surface area contributed by atoms with Gasteiger partial charge in [-0.05, 0) is 24.0 Å². The topological polar surface area (TPSA) is 24.9 Å². The van der Waals surface area contributed by atoms with Gasteiger partial charge in [-0.1, -0.05) is 13.8 Å². The van der Waals surface area contributed by atoms with Crippen LogP contribution in [0.2, 0.25) is 0 Å². The van der Waals surface area contributed by atoms with Gasteiger partial charge in [0.25, 0.3) is 5.92 Å². The van der Waals surface area contributed by atoms with Crippen molar-refractivity contribution in [2.75, 3.05) is 11.9 Å². The third-order valence-electron chi connectivity index (χ3n) is 3.09. The molecule has 1 aliphatic rings. The first-order valence-electron chi connectivity index (χ1n) is 5.55. The molecule has 0 saturated carbocycles. The summed E-state index contributed by atoms with van der Waals surface area (Å²) >= 11 is 0. The van der Waals surface area contributed by atoms with Gasteiger partial charge in [0.2, 0.25) is 0 Å². The van der Waals surface area contributed by atoms with E-state index in [4.69, 9.17) is 0 Å². The predicted molar refractivity (Wildman–Crippen MR) is 60.1 cm³/mol. The van der Waals surface area contributed by atoms with Crippen LogP contribution in [0.15, 0.2) is 6.20 Å². The first-order valence-corrected chi connectivity index (χ1v) is 5.55. The normalized spacial score (nSPS) is 18.1. The quantitative estimate of drug-likeness (QED) is 0.793. The Labute approximate surface area is 94.1 Å². The molecule has 0 aliphatic carbocycles. The number of alkyl halides is 2. The lowest BCUT2D eigenvalue weighted by Crippen LogP contribution is -2.28. The van der Waals surface area contributed by atoms with Crippen LogP contribution < -0.4 is 5.32 Å². The molecule has 0 radical (unpaired) electrons. The minimum Gasteiger partial charge on any atom is -0.383 e. The lowest BCUT2D eigenvalue weighted by molar-refractivity contribution is -0.0168. The molecule has 0 fully saturated rings. The molecule has 1 aromatic rings. The Bertz CT molecular complexity index is 414. The van der Waals surface area contributed by atoms with Gasteiger partial charge in [0, 0.05) is 19.2 Å². The van der Waals surface area contributed by atoms with Gasteiger partial charge in [0.05, 0.1) is 5.69 Å². The number of pyridine rings is 1. The molecule has 1 aliphatic heterocycles. The van der Waals surface area contributed by atoms with Crippen LogP contribution in [0.25, 0.3) is 0 Å². The van der Waals surface area contributed by atoms with Gasteiger partial charge >= 0.3 is 0 Å². The highest BCUT2D eigenvalue weighted by molar-refractivity contribution is 5.60. The van der Waals surface area contributed by atoms with Crippen LogP contribution in [0.1, 0.15) is 43.0 Å². The zero-order chi connectivity index (χ0) is 11.9. The smallest absolute Gasteiger partial charge is 0.293 e. The van der Waals surface area contributed by atoms with Crippen molar-refractivity contribution in [1.82, 2.24) is 4.98 Å². The van der Waals surface area contributed by atoms with Crippen molar-refractivity contribution in [3.63, 3.8) is 0 Å². The molecule has 0 saturated heterocycles. The van der Waals surface area contributed by atoms with Gasteiger partial charge in [0.1, 0.15) is 5.69 Å². The zero-order valence-corrected chi connectivity index (χ0v) is 9.77. The van der Waals surface area contributed by atoms with Gasteiger partial charge < -0.3 is 5.32 Å². The summed E-state index contributed by atoms with van der Waals surface area (Å²) in [6, 6.07) is 0. The Morgan fingerprint density at radius 2 is 2.12 bits per heavy atom. The summed E-state index contributed by atoms with van der Waals surface area (Å²) in [5, 5.41) is 3.04. The molecule has 4 heteroatoms. The van der Waals surface area contributed by atoms with Crippen molar-refractivity contribution in [2.45, 2.75) is 39.0 Å². The first kappa shape index (κ1) is 11.3. The Morgan fingerprint density at radius 3 is 2.75 bits per heavy atom. The van der Waals surface area contributed by atoms with Crippen LogP contribution in [-0.4, -0.2) is 11.5 Å². The molecule has 88 valence electrons. The number of anilines is 1. The van der Waals surface area contributed by atoms with Gasteiger partial charge in [-0.25, -0.2) is 0 Å². The van der Waals surface area contributed by atoms with Crippen molar-refractivity contribution in [1.29, 1.82) is 0 Å². The minimum absolute atomic E-state index is 0.0966. The van der Waals surface area contributed by atoms with Crippen LogP contribution in [0.3, 0.4) is 0 Å². The van der Waals surface area contributed by atoms with Crippen LogP contribution in [0, 0.1) is 6.92 Å². The standard InChI is InChI=1S/C12H16F2N2/c1-7(2)9-6-16-11-10(8(9)3)15-5-4-12(11,13)14/h6-7,15H,4-5H2,1-3H3. The average Bonchev–Trinajstić information content (AvgIpc) is 2.18. The monoisotopic (exact) mass is 226 g/mol. The molecule has 0 aromatic carbocycles. The van der Waals surface area contributed by atoms with Crippen molar-refractivity contribution in [3.05, 3.63) is 23.0 Å². The Hall–Kier alpha value is -1.19. The molecule has 0 spiro atoms. The van der Waals surface area contributed by atoms with E-state index in [1.165, 1.54) is 0 Å². The second-order valence-electron chi connectivity index (χ2n) is 4.60.